The monoisotopic (exact) mass is 372 g/mol. The third-order valence-corrected chi connectivity index (χ3v) is 3.24. The Morgan fingerprint density at radius 1 is 1.22 bits per heavy atom. The summed E-state index contributed by atoms with van der Waals surface area (Å²) in [7, 11) is 0. The van der Waals surface area contributed by atoms with Gasteiger partial charge in [-0.3, -0.25) is 5.43 Å². The van der Waals surface area contributed by atoms with Crippen molar-refractivity contribution in [2.45, 2.75) is 6.92 Å². The summed E-state index contributed by atoms with van der Waals surface area (Å²) < 4.78 is 1.19. The molecular formula is C12H10ClIN4. The second-order valence-electron chi connectivity index (χ2n) is 3.51. The van der Waals surface area contributed by atoms with E-state index in [4.69, 9.17) is 11.6 Å². The largest absolute Gasteiger partial charge is 0.259 e. The number of halogens is 2. The number of nitrogens with one attached hydrogen (secondary N) is 1. The molecule has 0 amide bonds. The lowest BCUT2D eigenvalue weighted by Gasteiger charge is -2.03. The highest BCUT2D eigenvalue weighted by molar-refractivity contribution is 14.1. The molecule has 2 rings (SSSR count). The Kier molecular flexibility index (Phi) is 4.48. The molecule has 0 saturated heterocycles. The maximum absolute atomic E-state index is 5.87. The highest BCUT2D eigenvalue weighted by Crippen LogP contribution is 2.14. The molecule has 1 aromatic heterocycles. The Morgan fingerprint density at radius 2 is 1.89 bits per heavy atom. The molecule has 18 heavy (non-hydrogen) atoms. The van der Waals surface area contributed by atoms with Crippen LogP contribution in [0.25, 0.3) is 0 Å². The van der Waals surface area contributed by atoms with Gasteiger partial charge in [0.1, 0.15) is 0 Å². The van der Waals surface area contributed by atoms with E-state index in [2.05, 4.69) is 43.1 Å². The summed E-state index contributed by atoms with van der Waals surface area (Å²) in [5.74, 6) is 0.448. The molecule has 0 aliphatic carbocycles. The van der Waals surface area contributed by atoms with Crippen molar-refractivity contribution in [1.82, 2.24) is 9.97 Å². The minimum Gasteiger partial charge on any atom is -0.259 e. The molecule has 0 unspecified atom stereocenters. The van der Waals surface area contributed by atoms with Crippen LogP contribution in [-0.4, -0.2) is 15.7 Å². The lowest BCUT2D eigenvalue weighted by Crippen LogP contribution is -2.01. The number of hydrogen-bond donors (Lipinski definition) is 1. The third kappa shape index (κ3) is 3.39. The van der Waals surface area contributed by atoms with Gasteiger partial charge < -0.3 is 0 Å². The van der Waals surface area contributed by atoms with Crippen LogP contribution >= 0.6 is 34.2 Å². The van der Waals surface area contributed by atoms with Crippen LogP contribution in [0, 0.1) is 3.57 Å². The normalized spacial score (nSPS) is 11.4. The van der Waals surface area contributed by atoms with E-state index in [0.29, 0.717) is 11.0 Å². The van der Waals surface area contributed by atoms with Crippen LogP contribution in [0.3, 0.4) is 0 Å². The molecule has 1 heterocycles. The third-order valence-electron chi connectivity index (χ3n) is 2.25. The molecule has 0 aliphatic rings. The van der Waals surface area contributed by atoms with Crippen molar-refractivity contribution >= 4 is 45.7 Å². The SMILES string of the molecule is C/C(=N\Nc1nccnc1Cl)c1ccc(I)cc1. The maximum atomic E-state index is 5.87. The van der Waals surface area contributed by atoms with Gasteiger partial charge in [-0.25, -0.2) is 9.97 Å². The minimum absolute atomic E-state index is 0.302. The molecule has 0 bridgehead atoms. The summed E-state index contributed by atoms with van der Waals surface area (Å²) in [6, 6.07) is 8.09. The zero-order valence-electron chi connectivity index (χ0n) is 9.56. The zero-order valence-corrected chi connectivity index (χ0v) is 12.5. The van der Waals surface area contributed by atoms with Gasteiger partial charge in [0.2, 0.25) is 0 Å². The standard InChI is InChI=1S/C12H10ClIN4/c1-8(9-2-4-10(14)5-3-9)17-18-12-11(13)15-6-7-16-12/h2-7H,1H3,(H,16,18)/b17-8+. The van der Waals surface area contributed by atoms with E-state index >= 15 is 0 Å². The van der Waals surface area contributed by atoms with Crippen LogP contribution in [0.15, 0.2) is 41.8 Å². The molecule has 0 atom stereocenters. The molecule has 0 radical (unpaired) electrons. The van der Waals surface area contributed by atoms with Crippen molar-refractivity contribution in [2.24, 2.45) is 5.10 Å². The first kappa shape index (κ1) is 13.2. The van der Waals surface area contributed by atoms with E-state index in [0.717, 1.165) is 11.3 Å². The van der Waals surface area contributed by atoms with E-state index in [1.165, 1.54) is 9.77 Å². The summed E-state index contributed by atoms with van der Waals surface area (Å²) in [4.78, 5) is 7.96. The highest BCUT2D eigenvalue weighted by atomic mass is 127. The predicted octanol–water partition coefficient (Wildman–Crippen LogP) is 3.57. The van der Waals surface area contributed by atoms with Crippen LogP contribution in [0.4, 0.5) is 5.82 Å². The maximum Gasteiger partial charge on any atom is 0.184 e. The number of hydrazone groups is 1. The van der Waals surface area contributed by atoms with Crippen molar-refractivity contribution in [1.29, 1.82) is 0 Å². The molecule has 1 N–H and O–H groups in total. The zero-order chi connectivity index (χ0) is 13.0. The molecule has 92 valence electrons. The summed E-state index contributed by atoms with van der Waals surface area (Å²) in [5, 5.41) is 4.53. The number of nitrogens with zero attached hydrogens (tertiary/aromatic N) is 3. The summed E-state index contributed by atoms with van der Waals surface area (Å²) in [5.41, 5.74) is 4.71. The molecular weight excluding hydrogens is 363 g/mol. The second kappa shape index (κ2) is 6.10. The van der Waals surface area contributed by atoms with E-state index < -0.39 is 0 Å². The average molecular weight is 373 g/mol. The molecule has 0 fully saturated rings. The summed E-state index contributed by atoms with van der Waals surface area (Å²) in [6.07, 6.45) is 3.09. The van der Waals surface area contributed by atoms with Gasteiger partial charge in [-0.2, -0.15) is 5.10 Å². The smallest absolute Gasteiger partial charge is 0.184 e. The first-order chi connectivity index (χ1) is 8.66. The molecule has 0 aliphatic heterocycles. The lowest BCUT2D eigenvalue weighted by atomic mass is 10.1. The van der Waals surface area contributed by atoms with Crippen molar-refractivity contribution < 1.29 is 0 Å². The quantitative estimate of drug-likeness (QED) is 0.509. The number of aromatic nitrogens is 2. The van der Waals surface area contributed by atoms with E-state index in [9.17, 15) is 0 Å². The van der Waals surface area contributed by atoms with E-state index in [1.807, 2.05) is 31.2 Å². The highest BCUT2D eigenvalue weighted by Gasteiger charge is 2.01. The fourth-order valence-corrected chi connectivity index (χ4v) is 1.80. The van der Waals surface area contributed by atoms with Crippen LogP contribution in [-0.2, 0) is 0 Å². The lowest BCUT2D eigenvalue weighted by molar-refractivity contribution is 1.15. The summed E-state index contributed by atoms with van der Waals surface area (Å²) >= 11 is 8.13. The molecule has 0 spiro atoms. The van der Waals surface area contributed by atoms with Crippen LogP contribution < -0.4 is 5.43 Å². The molecule has 6 heteroatoms. The van der Waals surface area contributed by atoms with Gasteiger partial charge in [0.25, 0.3) is 0 Å². The fraction of sp³-hybridized carbons (Fsp3) is 0.0833. The fourth-order valence-electron chi connectivity index (χ4n) is 1.29. The molecule has 1 aromatic carbocycles. The van der Waals surface area contributed by atoms with Crippen LogP contribution in [0.1, 0.15) is 12.5 Å². The minimum atomic E-state index is 0.302. The Labute approximate surface area is 124 Å². The van der Waals surface area contributed by atoms with Gasteiger partial charge in [-0.1, -0.05) is 23.7 Å². The topological polar surface area (TPSA) is 50.2 Å². The van der Waals surface area contributed by atoms with Crippen molar-refractivity contribution in [3.05, 3.63) is 50.9 Å². The predicted molar refractivity (Wildman–Crippen MR) is 82.0 cm³/mol. The average Bonchev–Trinajstić information content (AvgIpc) is 2.38. The molecule has 0 saturated carbocycles. The van der Waals surface area contributed by atoms with Gasteiger partial charge >= 0.3 is 0 Å². The number of benzene rings is 1. The number of anilines is 1. The van der Waals surface area contributed by atoms with Gasteiger partial charge in [0.15, 0.2) is 11.0 Å². The Hall–Kier alpha value is -1.21. The molecule has 2 aromatic rings. The van der Waals surface area contributed by atoms with Gasteiger partial charge in [0, 0.05) is 16.0 Å². The summed E-state index contributed by atoms with van der Waals surface area (Å²) in [6.45, 7) is 1.92. The first-order valence-corrected chi connectivity index (χ1v) is 6.65. The number of hydrogen-bond acceptors (Lipinski definition) is 4. The van der Waals surface area contributed by atoms with Crippen LogP contribution in [0.5, 0.6) is 0 Å². The van der Waals surface area contributed by atoms with Crippen molar-refractivity contribution in [3.8, 4) is 0 Å². The van der Waals surface area contributed by atoms with Gasteiger partial charge in [0.05, 0.1) is 5.71 Å². The van der Waals surface area contributed by atoms with Crippen molar-refractivity contribution in [3.63, 3.8) is 0 Å². The van der Waals surface area contributed by atoms with Gasteiger partial charge in [-0.05, 0) is 47.2 Å². The van der Waals surface area contributed by atoms with Crippen LogP contribution in [0.2, 0.25) is 5.15 Å². The Balaban J connectivity index is 2.14. The first-order valence-electron chi connectivity index (χ1n) is 5.19. The second-order valence-corrected chi connectivity index (χ2v) is 5.12. The van der Waals surface area contributed by atoms with E-state index in [1.54, 1.807) is 6.20 Å². The Bertz CT molecular complexity index is 569. The van der Waals surface area contributed by atoms with Gasteiger partial charge in [-0.15, -0.1) is 0 Å². The number of rotatable bonds is 3. The Morgan fingerprint density at radius 3 is 2.56 bits per heavy atom. The molecule has 4 nitrogen and oxygen atoms in total. The van der Waals surface area contributed by atoms with Crippen molar-refractivity contribution in [2.75, 3.05) is 5.43 Å². The van der Waals surface area contributed by atoms with E-state index in [-0.39, 0.29) is 0 Å².